The molecular formula is C21H29N3O2S. The number of nitrogens with one attached hydrogen (secondary N) is 2. The molecule has 0 aliphatic heterocycles. The van der Waals surface area contributed by atoms with E-state index in [1.807, 2.05) is 67.6 Å². The Morgan fingerprint density at radius 2 is 1.70 bits per heavy atom. The van der Waals surface area contributed by atoms with E-state index in [1.54, 1.807) is 6.92 Å². The largest absolute Gasteiger partial charge is 0.384 e. The zero-order valence-corrected chi connectivity index (χ0v) is 16.8. The van der Waals surface area contributed by atoms with Crippen LogP contribution in [0, 0.1) is 0 Å². The van der Waals surface area contributed by atoms with Crippen molar-refractivity contribution < 1.29 is 9.32 Å². The molecule has 2 unspecified atom stereocenters. The van der Waals surface area contributed by atoms with Crippen LogP contribution >= 0.6 is 0 Å². The zero-order chi connectivity index (χ0) is 19.5. The fraction of sp³-hybridized carbons (Fsp3) is 0.381. The van der Waals surface area contributed by atoms with Gasteiger partial charge in [0.2, 0.25) is 0 Å². The molecule has 2 aromatic rings. The van der Waals surface area contributed by atoms with E-state index in [2.05, 4.69) is 15.6 Å². The van der Waals surface area contributed by atoms with Gasteiger partial charge in [-0.3, -0.25) is 4.21 Å². The van der Waals surface area contributed by atoms with Crippen LogP contribution in [0.25, 0.3) is 0 Å². The minimum atomic E-state index is -1.04. The highest BCUT2D eigenvalue weighted by Crippen LogP contribution is 2.20. The van der Waals surface area contributed by atoms with Gasteiger partial charge in [0.1, 0.15) is 5.60 Å². The Morgan fingerprint density at radius 3 is 2.33 bits per heavy atom. The van der Waals surface area contributed by atoms with Crippen molar-refractivity contribution in [1.29, 1.82) is 0 Å². The van der Waals surface area contributed by atoms with Crippen LogP contribution in [-0.4, -0.2) is 40.7 Å². The molecule has 0 aliphatic carbocycles. The highest BCUT2D eigenvalue weighted by molar-refractivity contribution is 7.84. The Morgan fingerprint density at radius 1 is 1.07 bits per heavy atom. The summed E-state index contributed by atoms with van der Waals surface area (Å²) in [5.41, 5.74) is 0.864. The van der Waals surface area contributed by atoms with E-state index in [1.165, 1.54) is 0 Å². The third kappa shape index (κ3) is 7.53. The molecule has 0 fully saturated rings. The Hall–Kier alpha value is -2.18. The van der Waals surface area contributed by atoms with Gasteiger partial charge in [-0.15, -0.1) is 0 Å². The topological polar surface area (TPSA) is 73.7 Å². The minimum Gasteiger partial charge on any atom is -0.384 e. The molecule has 2 atom stereocenters. The molecule has 27 heavy (non-hydrogen) atoms. The van der Waals surface area contributed by atoms with Gasteiger partial charge < -0.3 is 15.7 Å². The molecule has 0 saturated heterocycles. The van der Waals surface area contributed by atoms with Crippen molar-refractivity contribution in [3.63, 3.8) is 0 Å². The highest BCUT2D eigenvalue weighted by Gasteiger charge is 2.22. The first-order valence-corrected chi connectivity index (χ1v) is 10.7. The van der Waals surface area contributed by atoms with Crippen molar-refractivity contribution in [1.82, 2.24) is 10.6 Å². The monoisotopic (exact) mass is 387 g/mol. The SMILES string of the molecule is CCNC(=NCC(C)(O)c1ccccc1)NCCS(=O)Cc1ccccc1. The molecule has 146 valence electrons. The molecule has 5 nitrogen and oxygen atoms in total. The minimum absolute atomic E-state index is 0.236. The van der Waals surface area contributed by atoms with Gasteiger partial charge >= 0.3 is 0 Å². The molecule has 0 heterocycles. The number of guanidine groups is 1. The third-order valence-corrected chi connectivity index (χ3v) is 5.39. The summed E-state index contributed by atoms with van der Waals surface area (Å²) in [4.78, 5) is 4.49. The molecule has 0 amide bonds. The van der Waals surface area contributed by atoms with Gasteiger partial charge in [-0.2, -0.15) is 0 Å². The lowest BCUT2D eigenvalue weighted by Crippen LogP contribution is -2.40. The van der Waals surface area contributed by atoms with E-state index in [9.17, 15) is 9.32 Å². The maximum atomic E-state index is 12.2. The number of aliphatic hydroxyl groups is 1. The molecule has 0 saturated carbocycles. The summed E-state index contributed by atoms with van der Waals surface area (Å²) >= 11 is 0. The second-order valence-electron chi connectivity index (χ2n) is 6.54. The van der Waals surface area contributed by atoms with Gasteiger partial charge in [0.15, 0.2) is 5.96 Å². The van der Waals surface area contributed by atoms with Gasteiger partial charge in [0.05, 0.1) is 6.54 Å². The molecule has 0 radical (unpaired) electrons. The molecule has 2 aromatic carbocycles. The van der Waals surface area contributed by atoms with Crippen LogP contribution in [-0.2, 0) is 22.2 Å². The Balaban J connectivity index is 1.85. The van der Waals surface area contributed by atoms with E-state index < -0.39 is 16.4 Å². The van der Waals surface area contributed by atoms with Crippen molar-refractivity contribution in [2.24, 2.45) is 4.99 Å². The van der Waals surface area contributed by atoms with E-state index in [4.69, 9.17) is 0 Å². The average molecular weight is 388 g/mol. The van der Waals surface area contributed by atoms with Gasteiger partial charge in [0.25, 0.3) is 0 Å². The Kier molecular flexibility index (Phi) is 8.48. The fourth-order valence-corrected chi connectivity index (χ4v) is 3.62. The summed E-state index contributed by atoms with van der Waals surface area (Å²) in [6, 6.07) is 19.4. The van der Waals surface area contributed by atoms with Crippen molar-refractivity contribution in [2.45, 2.75) is 25.2 Å². The standard InChI is InChI=1S/C21H29N3O2S/c1-3-22-20(24-17-21(2,25)19-12-8-5-9-13-19)23-14-15-27(26)16-18-10-6-4-7-11-18/h4-13,25H,3,14-17H2,1-2H3,(H2,22,23,24). The van der Waals surface area contributed by atoms with E-state index in [0.29, 0.717) is 30.6 Å². The number of aliphatic imine (C=N–C) groups is 1. The predicted molar refractivity (Wildman–Crippen MR) is 113 cm³/mol. The lowest BCUT2D eigenvalue weighted by molar-refractivity contribution is 0.0672. The lowest BCUT2D eigenvalue weighted by atomic mass is 9.96. The molecule has 0 aromatic heterocycles. The third-order valence-electron chi connectivity index (χ3n) is 4.08. The first-order valence-electron chi connectivity index (χ1n) is 9.20. The summed E-state index contributed by atoms with van der Waals surface area (Å²) in [7, 11) is -0.937. The number of hydrogen-bond donors (Lipinski definition) is 3. The van der Waals surface area contributed by atoms with Gasteiger partial charge in [0, 0.05) is 35.4 Å². The fourth-order valence-electron chi connectivity index (χ4n) is 2.58. The van der Waals surface area contributed by atoms with Crippen molar-refractivity contribution in [3.8, 4) is 0 Å². The zero-order valence-electron chi connectivity index (χ0n) is 16.0. The number of benzene rings is 2. The lowest BCUT2D eigenvalue weighted by Gasteiger charge is -2.22. The van der Waals surface area contributed by atoms with Gasteiger partial charge in [-0.05, 0) is 25.0 Å². The van der Waals surface area contributed by atoms with Crippen LogP contribution in [0.15, 0.2) is 65.7 Å². The normalized spacial score (nSPS) is 15.0. The van der Waals surface area contributed by atoms with Crippen LogP contribution in [0.2, 0.25) is 0 Å². The molecule has 0 aliphatic rings. The highest BCUT2D eigenvalue weighted by atomic mass is 32.2. The van der Waals surface area contributed by atoms with E-state index in [0.717, 1.165) is 11.1 Å². The summed E-state index contributed by atoms with van der Waals surface area (Å²) in [5, 5.41) is 17.0. The molecule has 0 bridgehead atoms. The van der Waals surface area contributed by atoms with Crippen LogP contribution in [0.3, 0.4) is 0 Å². The molecule has 2 rings (SSSR count). The second-order valence-corrected chi connectivity index (χ2v) is 8.11. The summed E-state index contributed by atoms with van der Waals surface area (Å²) in [6.45, 7) is 5.25. The van der Waals surface area contributed by atoms with Crippen LogP contribution < -0.4 is 10.6 Å². The molecule has 6 heteroatoms. The Labute approximate surface area is 164 Å². The van der Waals surface area contributed by atoms with Crippen molar-refractivity contribution >= 4 is 16.8 Å². The maximum absolute atomic E-state index is 12.2. The predicted octanol–water partition coefficient (Wildman–Crippen LogP) is 2.40. The first kappa shape index (κ1) is 21.1. The van der Waals surface area contributed by atoms with E-state index >= 15 is 0 Å². The Bertz CT molecular complexity index is 734. The van der Waals surface area contributed by atoms with Gasteiger partial charge in [-0.25, -0.2) is 4.99 Å². The number of nitrogens with zero attached hydrogens (tertiary/aromatic N) is 1. The van der Waals surface area contributed by atoms with E-state index in [-0.39, 0.29) is 6.54 Å². The van der Waals surface area contributed by atoms with Crippen LogP contribution in [0.1, 0.15) is 25.0 Å². The van der Waals surface area contributed by atoms with Crippen molar-refractivity contribution in [3.05, 3.63) is 71.8 Å². The summed E-state index contributed by atoms with van der Waals surface area (Å²) in [5.74, 6) is 1.71. The average Bonchev–Trinajstić information content (AvgIpc) is 2.67. The summed E-state index contributed by atoms with van der Waals surface area (Å²) < 4.78 is 12.2. The molecule has 3 N–H and O–H groups in total. The molecule has 0 spiro atoms. The van der Waals surface area contributed by atoms with Gasteiger partial charge in [-0.1, -0.05) is 60.7 Å². The number of hydrogen-bond acceptors (Lipinski definition) is 3. The van der Waals surface area contributed by atoms with Crippen molar-refractivity contribution in [2.75, 3.05) is 25.4 Å². The maximum Gasteiger partial charge on any atom is 0.191 e. The smallest absolute Gasteiger partial charge is 0.191 e. The summed E-state index contributed by atoms with van der Waals surface area (Å²) in [6.07, 6.45) is 0. The quantitative estimate of drug-likeness (QED) is 0.456. The molecular weight excluding hydrogens is 358 g/mol. The van der Waals surface area contributed by atoms with Crippen LogP contribution in [0.5, 0.6) is 0 Å². The van der Waals surface area contributed by atoms with Crippen LogP contribution in [0.4, 0.5) is 0 Å². The second kappa shape index (κ2) is 10.8. The number of rotatable bonds is 9. The first-order chi connectivity index (χ1) is 13.0.